The highest BCUT2D eigenvalue weighted by atomic mass is 16.5. The first-order chi connectivity index (χ1) is 10.3. The predicted octanol–water partition coefficient (Wildman–Crippen LogP) is 4.10. The molecule has 0 radical (unpaired) electrons. The second kappa shape index (κ2) is 5.87. The van der Waals surface area contributed by atoms with Gasteiger partial charge < -0.3 is 14.5 Å². The predicted molar refractivity (Wildman–Crippen MR) is 82.7 cm³/mol. The lowest BCUT2D eigenvalue weighted by molar-refractivity contribution is 0.217. The van der Waals surface area contributed by atoms with Gasteiger partial charge in [-0.15, -0.1) is 0 Å². The second-order valence-electron chi connectivity index (χ2n) is 4.80. The van der Waals surface area contributed by atoms with Crippen LogP contribution in [0.1, 0.15) is 25.8 Å². The maximum atomic E-state index is 5.91. The highest BCUT2D eigenvalue weighted by molar-refractivity contribution is 5.74. The average molecular weight is 282 g/mol. The monoisotopic (exact) mass is 282 g/mol. The van der Waals surface area contributed by atoms with E-state index in [-0.39, 0.29) is 6.10 Å². The van der Waals surface area contributed by atoms with E-state index in [2.05, 4.69) is 9.97 Å². The average Bonchev–Trinajstić information content (AvgIpc) is 2.94. The first-order valence-electron chi connectivity index (χ1n) is 7.10. The first kappa shape index (κ1) is 13.5. The number of rotatable bonds is 5. The molecule has 1 aromatic heterocycles. The molecule has 108 valence electrons. The van der Waals surface area contributed by atoms with Crippen molar-refractivity contribution >= 4 is 11.0 Å². The second-order valence-corrected chi connectivity index (χ2v) is 4.80. The van der Waals surface area contributed by atoms with E-state index < -0.39 is 0 Å². The van der Waals surface area contributed by atoms with Crippen molar-refractivity contribution in [2.75, 3.05) is 6.61 Å². The summed E-state index contributed by atoms with van der Waals surface area (Å²) in [4.78, 5) is 7.84. The molecule has 3 rings (SSSR count). The zero-order valence-electron chi connectivity index (χ0n) is 12.2. The van der Waals surface area contributed by atoms with Gasteiger partial charge in [-0.3, -0.25) is 0 Å². The fraction of sp³-hybridized carbons (Fsp3) is 0.235. The molecule has 0 saturated heterocycles. The molecule has 0 aliphatic heterocycles. The lowest BCUT2D eigenvalue weighted by Gasteiger charge is -2.12. The minimum atomic E-state index is -0.143. The Hall–Kier alpha value is -2.49. The molecule has 3 aromatic rings. The zero-order chi connectivity index (χ0) is 14.7. The number of para-hydroxylation sites is 2. The summed E-state index contributed by atoms with van der Waals surface area (Å²) in [5.74, 6) is 2.47. The molecule has 0 aliphatic carbocycles. The minimum Gasteiger partial charge on any atom is -0.494 e. The number of fused-ring (bicyclic) bond motifs is 1. The molecule has 0 amide bonds. The van der Waals surface area contributed by atoms with Crippen LogP contribution in [0.25, 0.3) is 11.0 Å². The van der Waals surface area contributed by atoms with Crippen LogP contribution in [-0.4, -0.2) is 16.6 Å². The highest BCUT2D eigenvalue weighted by Gasteiger charge is 2.12. The standard InChI is InChI=1S/C17H18N2O2/c1-3-20-13-8-10-14(11-9-13)21-12(2)17-18-15-6-4-5-7-16(15)19-17/h4-12H,3H2,1-2H3,(H,18,19). The van der Waals surface area contributed by atoms with Gasteiger partial charge in [-0.05, 0) is 50.2 Å². The number of nitrogens with one attached hydrogen (secondary N) is 1. The van der Waals surface area contributed by atoms with E-state index in [1.165, 1.54) is 0 Å². The molecule has 0 saturated carbocycles. The van der Waals surface area contributed by atoms with E-state index in [9.17, 15) is 0 Å². The topological polar surface area (TPSA) is 47.1 Å². The normalized spacial score (nSPS) is 12.3. The Bertz CT molecular complexity index is 686. The molecular weight excluding hydrogens is 264 g/mol. The number of aromatic amines is 1. The largest absolute Gasteiger partial charge is 0.494 e. The van der Waals surface area contributed by atoms with Crippen LogP contribution in [0.5, 0.6) is 11.5 Å². The van der Waals surface area contributed by atoms with E-state index in [1.807, 2.05) is 62.4 Å². The van der Waals surface area contributed by atoms with Crippen molar-refractivity contribution in [3.8, 4) is 11.5 Å². The quantitative estimate of drug-likeness (QED) is 0.766. The van der Waals surface area contributed by atoms with Crippen LogP contribution in [-0.2, 0) is 0 Å². The Labute approximate surface area is 123 Å². The molecular formula is C17H18N2O2. The van der Waals surface area contributed by atoms with Crippen molar-refractivity contribution in [3.63, 3.8) is 0 Å². The smallest absolute Gasteiger partial charge is 0.153 e. The highest BCUT2D eigenvalue weighted by Crippen LogP contribution is 2.24. The van der Waals surface area contributed by atoms with E-state index in [0.29, 0.717) is 6.61 Å². The number of H-pyrrole nitrogens is 1. The molecule has 0 bridgehead atoms. The molecule has 1 unspecified atom stereocenters. The summed E-state index contributed by atoms with van der Waals surface area (Å²) in [6.07, 6.45) is -0.143. The van der Waals surface area contributed by atoms with Gasteiger partial charge >= 0.3 is 0 Å². The number of benzene rings is 2. The van der Waals surface area contributed by atoms with Crippen LogP contribution in [0.2, 0.25) is 0 Å². The molecule has 1 heterocycles. The first-order valence-corrected chi connectivity index (χ1v) is 7.10. The van der Waals surface area contributed by atoms with Gasteiger partial charge in [-0.2, -0.15) is 0 Å². The maximum Gasteiger partial charge on any atom is 0.153 e. The zero-order valence-corrected chi connectivity index (χ0v) is 12.2. The van der Waals surface area contributed by atoms with Crippen LogP contribution in [0, 0.1) is 0 Å². The third-order valence-corrected chi connectivity index (χ3v) is 3.24. The minimum absolute atomic E-state index is 0.143. The summed E-state index contributed by atoms with van der Waals surface area (Å²) in [5, 5.41) is 0. The molecule has 0 aliphatic rings. The summed E-state index contributed by atoms with van der Waals surface area (Å²) in [6.45, 7) is 4.61. The Morgan fingerprint density at radius 2 is 1.76 bits per heavy atom. The van der Waals surface area contributed by atoms with Crippen LogP contribution in [0.3, 0.4) is 0 Å². The van der Waals surface area contributed by atoms with Gasteiger partial charge in [-0.1, -0.05) is 12.1 Å². The van der Waals surface area contributed by atoms with Gasteiger partial charge in [0.1, 0.15) is 17.3 Å². The number of nitrogens with zero attached hydrogens (tertiary/aromatic N) is 1. The van der Waals surface area contributed by atoms with Crippen LogP contribution in [0.4, 0.5) is 0 Å². The SMILES string of the molecule is CCOc1ccc(OC(C)c2nc3ccccc3[nH]2)cc1. The van der Waals surface area contributed by atoms with Crippen molar-refractivity contribution in [2.24, 2.45) is 0 Å². The van der Waals surface area contributed by atoms with Crippen molar-refractivity contribution in [1.29, 1.82) is 0 Å². The van der Waals surface area contributed by atoms with Gasteiger partial charge in [-0.25, -0.2) is 4.98 Å². The number of ether oxygens (including phenoxy) is 2. The molecule has 21 heavy (non-hydrogen) atoms. The lowest BCUT2D eigenvalue weighted by atomic mass is 10.3. The fourth-order valence-corrected chi connectivity index (χ4v) is 2.21. The summed E-state index contributed by atoms with van der Waals surface area (Å²) >= 11 is 0. The molecule has 1 atom stereocenters. The van der Waals surface area contributed by atoms with Gasteiger partial charge in [0.05, 0.1) is 17.6 Å². The number of hydrogen-bond donors (Lipinski definition) is 1. The van der Waals surface area contributed by atoms with E-state index in [4.69, 9.17) is 9.47 Å². The Kier molecular flexibility index (Phi) is 3.77. The van der Waals surface area contributed by atoms with Crippen LogP contribution in [0.15, 0.2) is 48.5 Å². The molecule has 1 N–H and O–H groups in total. The third-order valence-electron chi connectivity index (χ3n) is 3.24. The van der Waals surface area contributed by atoms with Crippen LogP contribution >= 0.6 is 0 Å². The summed E-state index contributed by atoms with van der Waals surface area (Å²) in [6, 6.07) is 15.6. The number of hydrogen-bond acceptors (Lipinski definition) is 3. The van der Waals surface area contributed by atoms with Crippen LogP contribution < -0.4 is 9.47 Å². The Balaban J connectivity index is 1.74. The number of imidazole rings is 1. The van der Waals surface area contributed by atoms with E-state index >= 15 is 0 Å². The van der Waals surface area contributed by atoms with E-state index in [0.717, 1.165) is 28.4 Å². The fourth-order valence-electron chi connectivity index (χ4n) is 2.21. The summed E-state index contributed by atoms with van der Waals surface area (Å²) in [5.41, 5.74) is 1.98. The molecule has 2 aromatic carbocycles. The third kappa shape index (κ3) is 2.99. The van der Waals surface area contributed by atoms with Crippen molar-refractivity contribution in [1.82, 2.24) is 9.97 Å². The Morgan fingerprint density at radius 3 is 2.48 bits per heavy atom. The molecule has 0 spiro atoms. The molecule has 4 heteroatoms. The van der Waals surface area contributed by atoms with Crippen molar-refractivity contribution < 1.29 is 9.47 Å². The maximum absolute atomic E-state index is 5.91. The van der Waals surface area contributed by atoms with Crippen molar-refractivity contribution in [3.05, 3.63) is 54.4 Å². The molecule has 0 fully saturated rings. The lowest BCUT2D eigenvalue weighted by Crippen LogP contribution is -2.05. The molecule has 4 nitrogen and oxygen atoms in total. The summed E-state index contributed by atoms with van der Waals surface area (Å²) in [7, 11) is 0. The van der Waals surface area contributed by atoms with Gasteiger partial charge in [0.2, 0.25) is 0 Å². The number of aromatic nitrogens is 2. The van der Waals surface area contributed by atoms with Crippen molar-refractivity contribution in [2.45, 2.75) is 20.0 Å². The Morgan fingerprint density at radius 1 is 1.05 bits per heavy atom. The van der Waals surface area contributed by atoms with Gasteiger partial charge in [0.25, 0.3) is 0 Å². The van der Waals surface area contributed by atoms with E-state index in [1.54, 1.807) is 0 Å². The van der Waals surface area contributed by atoms with Gasteiger partial charge in [0.15, 0.2) is 6.10 Å². The van der Waals surface area contributed by atoms with Gasteiger partial charge in [0, 0.05) is 0 Å². The summed E-state index contributed by atoms with van der Waals surface area (Å²) < 4.78 is 11.3.